The molecule has 1 aromatic rings. The van der Waals surface area contributed by atoms with E-state index in [0.29, 0.717) is 18.7 Å². The summed E-state index contributed by atoms with van der Waals surface area (Å²) in [4.78, 5) is 26.5. The van der Waals surface area contributed by atoms with Gasteiger partial charge in [-0.05, 0) is 51.3 Å². The van der Waals surface area contributed by atoms with E-state index in [1.165, 1.54) is 24.3 Å². The predicted molar refractivity (Wildman–Crippen MR) is 90.3 cm³/mol. The van der Waals surface area contributed by atoms with E-state index in [1.807, 2.05) is 0 Å². The van der Waals surface area contributed by atoms with Crippen LogP contribution in [0.15, 0.2) is 24.3 Å². The number of amides is 2. The molecule has 2 N–H and O–H groups in total. The molecule has 1 fully saturated rings. The molecule has 1 heterocycles. The van der Waals surface area contributed by atoms with Crippen molar-refractivity contribution in [1.82, 2.24) is 10.2 Å². The van der Waals surface area contributed by atoms with Crippen LogP contribution in [-0.2, 0) is 9.53 Å². The van der Waals surface area contributed by atoms with Gasteiger partial charge in [-0.3, -0.25) is 4.79 Å². The van der Waals surface area contributed by atoms with Crippen LogP contribution in [0.1, 0.15) is 45.3 Å². The number of nitrogens with one attached hydrogen (secondary N) is 1. The van der Waals surface area contributed by atoms with Crippen molar-refractivity contribution in [2.75, 3.05) is 13.1 Å². The van der Waals surface area contributed by atoms with Crippen molar-refractivity contribution >= 4 is 12.0 Å². The number of ether oxygens (including phenoxy) is 1. The minimum Gasteiger partial charge on any atom is -0.444 e. The number of hydrogen-bond donors (Lipinski definition) is 2. The first-order valence-corrected chi connectivity index (χ1v) is 8.39. The van der Waals surface area contributed by atoms with Crippen molar-refractivity contribution in [3.05, 3.63) is 35.6 Å². The van der Waals surface area contributed by atoms with Crippen LogP contribution >= 0.6 is 0 Å². The summed E-state index contributed by atoms with van der Waals surface area (Å²) in [5.41, 5.74) is -0.387. The van der Waals surface area contributed by atoms with E-state index >= 15 is 0 Å². The maximum Gasteiger partial charge on any atom is 0.408 e. The van der Waals surface area contributed by atoms with Gasteiger partial charge in [0.2, 0.25) is 5.91 Å². The van der Waals surface area contributed by atoms with Crippen molar-refractivity contribution in [2.45, 2.75) is 51.4 Å². The Morgan fingerprint density at radius 3 is 2.28 bits per heavy atom. The number of nitrogens with zero attached hydrogens (tertiary/aromatic N) is 1. The molecule has 7 heteroatoms. The summed E-state index contributed by atoms with van der Waals surface area (Å²) in [6.45, 7) is 6.30. The van der Waals surface area contributed by atoms with Crippen molar-refractivity contribution in [2.24, 2.45) is 0 Å². The van der Waals surface area contributed by atoms with Crippen molar-refractivity contribution in [1.29, 1.82) is 0 Å². The van der Waals surface area contributed by atoms with Crippen LogP contribution in [0.2, 0.25) is 0 Å². The molecular weight excluding hydrogens is 327 g/mol. The molecule has 25 heavy (non-hydrogen) atoms. The van der Waals surface area contributed by atoms with Crippen molar-refractivity contribution in [3.8, 4) is 0 Å². The third-order valence-corrected chi connectivity index (χ3v) is 3.88. The van der Waals surface area contributed by atoms with E-state index in [4.69, 9.17) is 4.74 Å². The van der Waals surface area contributed by atoms with Gasteiger partial charge in [0, 0.05) is 13.1 Å². The lowest BCUT2D eigenvalue weighted by atomic mass is 10.0. The number of aliphatic hydroxyl groups is 1. The molecule has 1 unspecified atom stereocenters. The Kier molecular flexibility index (Phi) is 6.00. The number of hydrogen-bond acceptors (Lipinski definition) is 4. The van der Waals surface area contributed by atoms with Gasteiger partial charge in [-0.2, -0.15) is 0 Å². The van der Waals surface area contributed by atoms with E-state index in [2.05, 4.69) is 5.32 Å². The van der Waals surface area contributed by atoms with Crippen LogP contribution in [0.3, 0.4) is 0 Å². The van der Waals surface area contributed by atoms with E-state index in [-0.39, 0.29) is 5.91 Å². The topological polar surface area (TPSA) is 78.9 Å². The first-order chi connectivity index (χ1) is 11.7. The number of likely N-dealkylation sites (tertiary alicyclic amines) is 1. The van der Waals surface area contributed by atoms with Crippen LogP contribution in [0.5, 0.6) is 0 Å². The average Bonchev–Trinajstić information content (AvgIpc) is 3.05. The molecule has 0 radical (unpaired) electrons. The second kappa shape index (κ2) is 7.82. The van der Waals surface area contributed by atoms with Gasteiger partial charge in [0.1, 0.15) is 23.6 Å². The van der Waals surface area contributed by atoms with Gasteiger partial charge < -0.3 is 20.1 Å². The van der Waals surface area contributed by atoms with Crippen LogP contribution in [-0.4, -0.2) is 46.7 Å². The Morgan fingerprint density at radius 2 is 1.76 bits per heavy atom. The maximum atomic E-state index is 13.1. The highest BCUT2D eigenvalue weighted by molar-refractivity contribution is 5.86. The molecule has 0 aliphatic carbocycles. The first-order valence-electron chi connectivity index (χ1n) is 8.39. The minimum absolute atomic E-state index is 0.343. The number of carbonyl (C=O) groups excluding carboxylic acids is 2. The number of alkyl carbamates (subject to hydrolysis) is 1. The lowest BCUT2D eigenvalue weighted by Crippen LogP contribution is -2.52. The fourth-order valence-electron chi connectivity index (χ4n) is 2.70. The molecule has 1 saturated heterocycles. The molecule has 2 rings (SSSR count). The Morgan fingerprint density at radius 1 is 1.20 bits per heavy atom. The van der Waals surface area contributed by atoms with Gasteiger partial charge in [0.05, 0.1) is 0 Å². The molecule has 2 atom stereocenters. The monoisotopic (exact) mass is 352 g/mol. The summed E-state index contributed by atoms with van der Waals surface area (Å²) < 4.78 is 18.3. The first kappa shape index (κ1) is 19.2. The molecule has 0 spiro atoms. The normalized spacial score (nSPS) is 17.1. The molecule has 1 aliphatic rings. The zero-order valence-electron chi connectivity index (χ0n) is 14.8. The van der Waals surface area contributed by atoms with E-state index in [1.54, 1.807) is 25.7 Å². The molecule has 0 bridgehead atoms. The summed E-state index contributed by atoms with van der Waals surface area (Å²) in [7, 11) is 0. The smallest absolute Gasteiger partial charge is 0.408 e. The highest BCUT2D eigenvalue weighted by atomic mass is 19.1. The standard InChI is InChI=1S/C18H25FN2O4/c1-18(2,3)25-17(24)20-14(16(23)21-10-4-5-11-21)15(22)12-6-8-13(19)9-7-12/h6-9,14-15,22H,4-5,10-11H2,1-3H3,(H,20,24)/t14?,15-/m1/s1. The van der Waals surface area contributed by atoms with Crippen LogP contribution < -0.4 is 5.32 Å². The van der Waals surface area contributed by atoms with E-state index < -0.39 is 29.7 Å². The maximum absolute atomic E-state index is 13.1. The van der Waals surface area contributed by atoms with Gasteiger partial charge in [-0.1, -0.05) is 12.1 Å². The average molecular weight is 352 g/mol. The predicted octanol–water partition coefficient (Wildman–Crippen LogP) is 2.37. The number of benzene rings is 1. The third-order valence-electron chi connectivity index (χ3n) is 3.88. The number of rotatable bonds is 4. The lowest BCUT2D eigenvalue weighted by Gasteiger charge is -2.29. The minimum atomic E-state index is -1.30. The summed E-state index contributed by atoms with van der Waals surface area (Å²) >= 11 is 0. The fraction of sp³-hybridized carbons (Fsp3) is 0.556. The summed E-state index contributed by atoms with van der Waals surface area (Å²) in [6, 6.07) is 3.98. The number of aliphatic hydroxyl groups excluding tert-OH is 1. The molecule has 0 saturated carbocycles. The molecule has 1 aliphatic heterocycles. The highest BCUT2D eigenvalue weighted by Crippen LogP contribution is 2.21. The second-order valence-corrected chi connectivity index (χ2v) is 7.15. The van der Waals surface area contributed by atoms with Crippen LogP contribution in [0.4, 0.5) is 9.18 Å². The van der Waals surface area contributed by atoms with E-state index in [0.717, 1.165) is 12.8 Å². The Labute approximate surface area is 147 Å². The Bertz CT molecular complexity index is 606. The van der Waals surface area contributed by atoms with Crippen molar-refractivity contribution < 1.29 is 23.8 Å². The van der Waals surface area contributed by atoms with Crippen LogP contribution in [0, 0.1) is 5.82 Å². The summed E-state index contributed by atoms with van der Waals surface area (Å²) in [5.74, 6) is -0.821. The van der Waals surface area contributed by atoms with Gasteiger partial charge in [0.25, 0.3) is 0 Å². The molecular formula is C18H25FN2O4. The second-order valence-electron chi connectivity index (χ2n) is 7.15. The lowest BCUT2D eigenvalue weighted by molar-refractivity contribution is -0.135. The van der Waals surface area contributed by atoms with Gasteiger partial charge >= 0.3 is 6.09 Å². The third kappa shape index (κ3) is 5.42. The molecule has 2 amide bonds. The zero-order valence-corrected chi connectivity index (χ0v) is 14.8. The Balaban J connectivity index is 2.19. The summed E-state index contributed by atoms with van der Waals surface area (Å²) in [6.07, 6.45) is -0.317. The van der Waals surface area contributed by atoms with Gasteiger partial charge in [0.15, 0.2) is 0 Å². The quantitative estimate of drug-likeness (QED) is 0.872. The summed E-state index contributed by atoms with van der Waals surface area (Å²) in [5, 5.41) is 13.1. The number of carbonyl (C=O) groups is 2. The largest absolute Gasteiger partial charge is 0.444 e. The Hall–Kier alpha value is -2.15. The zero-order chi connectivity index (χ0) is 18.6. The molecule has 138 valence electrons. The highest BCUT2D eigenvalue weighted by Gasteiger charge is 2.35. The molecule has 0 aromatic heterocycles. The number of halogens is 1. The van der Waals surface area contributed by atoms with Crippen molar-refractivity contribution in [3.63, 3.8) is 0 Å². The van der Waals surface area contributed by atoms with Crippen LogP contribution in [0.25, 0.3) is 0 Å². The van der Waals surface area contributed by atoms with Gasteiger partial charge in [-0.15, -0.1) is 0 Å². The SMILES string of the molecule is CC(C)(C)OC(=O)NC(C(=O)N1CCCC1)[C@H](O)c1ccc(F)cc1. The molecule has 1 aromatic carbocycles. The fourth-order valence-corrected chi connectivity index (χ4v) is 2.70. The van der Waals surface area contributed by atoms with E-state index in [9.17, 15) is 19.1 Å². The molecule has 6 nitrogen and oxygen atoms in total. The van der Waals surface area contributed by atoms with Gasteiger partial charge in [-0.25, -0.2) is 9.18 Å².